The number of thiazole rings is 1. The van der Waals surface area contributed by atoms with Gasteiger partial charge in [-0.25, -0.2) is 4.98 Å². The van der Waals surface area contributed by atoms with Gasteiger partial charge in [-0.1, -0.05) is 23.5 Å². The minimum absolute atomic E-state index is 0.327. The summed E-state index contributed by atoms with van der Waals surface area (Å²) >= 11 is 1.48. The molecule has 2 N–H and O–H groups in total. The summed E-state index contributed by atoms with van der Waals surface area (Å²) in [4.78, 5) is 17.1. The van der Waals surface area contributed by atoms with Crippen molar-refractivity contribution >= 4 is 32.6 Å². The molecule has 0 bridgehead atoms. The quantitative estimate of drug-likeness (QED) is 0.682. The number of carbonyl (C=O) groups excluding carboxylic acids is 1. The molecule has 3 aromatic rings. The first-order chi connectivity index (χ1) is 12.0. The number of rotatable bonds is 5. The number of nitrogens with one attached hydrogen (secondary N) is 2. The number of amides is 1. The maximum absolute atomic E-state index is 12.6. The SMILES string of the molecule is COc1cccc(OC)c1C(=O)NNc1nc2c(C)cc(C)cc2s1. The molecule has 0 aliphatic carbocycles. The van der Waals surface area contributed by atoms with E-state index in [1.807, 2.05) is 6.92 Å². The normalized spacial score (nSPS) is 10.6. The second-order valence-electron chi connectivity index (χ2n) is 5.56. The van der Waals surface area contributed by atoms with Crippen LogP contribution in [0, 0.1) is 13.8 Å². The van der Waals surface area contributed by atoms with Gasteiger partial charge in [0.2, 0.25) is 5.13 Å². The topological polar surface area (TPSA) is 72.5 Å². The van der Waals surface area contributed by atoms with Crippen LogP contribution in [0.15, 0.2) is 30.3 Å². The van der Waals surface area contributed by atoms with Gasteiger partial charge in [-0.2, -0.15) is 0 Å². The lowest BCUT2D eigenvalue weighted by Crippen LogP contribution is -2.30. The molecule has 0 aliphatic heterocycles. The van der Waals surface area contributed by atoms with Gasteiger partial charge < -0.3 is 9.47 Å². The van der Waals surface area contributed by atoms with Crippen LogP contribution in [0.4, 0.5) is 5.13 Å². The van der Waals surface area contributed by atoms with Gasteiger partial charge in [-0.05, 0) is 43.2 Å². The molecule has 130 valence electrons. The Hall–Kier alpha value is -2.80. The van der Waals surface area contributed by atoms with Crippen LogP contribution in [0.1, 0.15) is 21.5 Å². The van der Waals surface area contributed by atoms with Crippen molar-refractivity contribution in [1.82, 2.24) is 10.4 Å². The number of ether oxygens (including phenoxy) is 2. The van der Waals surface area contributed by atoms with Crippen molar-refractivity contribution in [3.05, 3.63) is 47.0 Å². The molecule has 6 nitrogen and oxygen atoms in total. The average molecular weight is 357 g/mol. The molecule has 0 radical (unpaired) electrons. The number of methoxy groups -OCH3 is 2. The van der Waals surface area contributed by atoms with Gasteiger partial charge in [0.05, 0.1) is 24.4 Å². The third-order valence-corrected chi connectivity index (χ3v) is 4.69. The lowest BCUT2D eigenvalue weighted by Gasteiger charge is -2.13. The predicted molar refractivity (Wildman–Crippen MR) is 99.7 cm³/mol. The predicted octanol–water partition coefficient (Wildman–Crippen LogP) is 3.69. The summed E-state index contributed by atoms with van der Waals surface area (Å²) in [6.45, 7) is 4.08. The first-order valence-electron chi connectivity index (χ1n) is 7.68. The Kier molecular flexibility index (Phi) is 4.76. The van der Waals surface area contributed by atoms with Crippen molar-refractivity contribution in [3.63, 3.8) is 0 Å². The minimum Gasteiger partial charge on any atom is -0.496 e. The Labute approximate surface area is 149 Å². The highest BCUT2D eigenvalue weighted by Crippen LogP contribution is 2.30. The van der Waals surface area contributed by atoms with Gasteiger partial charge in [-0.3, -0.25) is 15.6 Å². The molecule has 1 heterocycles. The minimum atomic E-state index is -0.360. The van der Waals surface area contributed by atoms with E-state index in [0.717, 1.165) is 15.8 Å². The van der Waals surface area contributed by atoms with Crippen molar-refractivity contribution in [2.45, 2.75) is 13.8 Å². The van der Waals surface area contributed by atoms with Crippen LogP contribution in [0.5, 0.6) is 11.5 Å². The number of carbonyl (C=O) groups is 1. The number of aromatic nitrogens is 1. The zero-order valence-electron chi connectivity index (χ0n) is 14.5. The smallest absolute Gasteiger partial charge is 0.277 e. The fraction of sp³-hybridized carbons (Fsp3) is 0.222. The van der Waals surface area contributed by atoms with Crippen molar-refractivity contribution in [3.8, 4) is 11.5 Å². The van der Waals surface area contributed by atoms with E-state index in [1.165, 1.54) is 31.1 Å². The molecule has 0 fully saturated rings. The third kappa shape index (κ3) is 3.36. The molecule has 2 aromatic carbocycles. The molecule has 0 saturated heterocycles. The van der Waals surface area contributed by atoms with Crippen molar-refractivity contribution in [1.29, 1.82) is 0 Å². The molecule has 25 heavy (non-hydrogen) atoms. The van der Waals surface area contributed by atoms with Gasteiger partial charge in [-0.15, -0.1) is 0 Å². The van der Waals surface area contributed by atoms with Crippen LogP contribution in [0.2, 0.25) is 0 Å². The molecule has 0 atom stereocenters. The standard InChI is InChI=1S/C18H19N3O3S/c1-10-8-11(2)16-14(9-10)25-18(19-16)21-20-17(22)15-12(23-3)6-5-7-13(15)24-4/h5-9H,1-4H3,(H,19,21)(H,20,22). The van der Waals surface area contributed by atoms with Gasteiger partial charge >= 0.3 is 0 Å². The van der Waals surface area contributed by atoms with E-state index in [4.69, 9.17) is 9.47 Å². The number of hydrazine groups is 1. The van der Waals surface area contributed by atoms with Gasteiger partial charge in [0.15, 0.2) is 0 Å². The lowest BCUT2D eigenvalue weighted by atomic mass is 10.1. The third-order valence-electron chi connectivity index (χ3n) is 3.77. The number of hydrogen-bond acceptors (Lipinski definition) is 6. The summed E-state index contributed by atoms with van der Waals surface area (Å²) in [6.07, 6.45) is 0. The summed E-state index contributed by atoms with van der Waals surface area (Å²) in [5.41, 5.74) is 9.09. The molecule has 0 spiro atoms. The monoisotopic (exact) mass is 357 g/mol. The van der Waals surface area contributed by atoms with Gasteiger partial charge in [0.1, 0.15) is 17.1 Å². The van der Waals surface area contributed by atoms with Crippen molar-refractivity contribution in [2.24, 2.45) is 0 Å². The molecule has 0 saturated carbocycles. The van der Waals surface area contributed by atoms with Crippen LogP contribution >= 0.6 is 11.3 Å². The van der Waals surface area contributed by atoms with Crippen molar-refractivity contribution < 1.29 is 14.3 Å². The number of aryl methyl sites for hydroxylation is 2. The Morgan fingerprint density at radius 2 is 1.80 bits per heavy atom. The maximum atomic E-state index is 12.6. The van der Waals surface area contributed by atoms with Gasteiger partial charge in [0.25, 0.3) is 5.91 Å². The summed E-state index contributed by atoms with van der Waals surface area (Å²) in [7, 11) is 3.02. The molecular formula is C18H19N3O3S. The lowest BCUT2D eigenvalue weighted by molar-refractivity contribution is 0.0956. The van der Waals surface area contributed by atoms with Gasteiger partial charge in [0, 0.05) is 0 Å². The first-order valence-corrected chi connectivity index (χ1v) is 8.50. The van der Waals surface area contributed by atoms with E-state index in [9.17, 15) is 4.79 Å². The zero-order chi connectivity index (χ0) is 18.0. The Balaban J connectivity index is 1.82. The molecule has 1 amide bonds. The highest BCUT2D eigenvalue weighted by molar-refractivity contribution is 7.22. The average Bonchev–Trinajstić information content (AvgIpc) is 3.02. The molecular weight excluding hydrogens is 338 g/mol. The fourth-order valence-corrected chi connectivity index (χ4v) is 3.67. The second kappa shape index (κ2) is 6.98. The zero-order valence-corrected chi connectivity index (χ0v) is 15.3. The van der Waals surface area contributed by atoms with Crippen LogP contribution in [-0.2, 0) is 0 Å². The van der Waals surface area contributed by atoms with E-state index in [2.05, 4.69) is 34.9 Å². The van der Waals surface area contributed by atoms with Crippen LogP contribution < -0.4 is 20.3 Å². The Morgan fingerprint density at radius 1 is 1.12 bits per heavy atom. The number of anilines is 1. The Morgan fingerprint density at radius 3 is 2.44 bits per heavy atom. The summed E-state index contributed by atoms with van der Waals surface area (Å²) in [6, 6.07) is 9.35. The highest BCUT2D eigenvalue weighted by Gasteiger charge is 2.18. The van der Waals surface area contributed by atoms with Crippen LogP contribution in [0.25, 0.3) is 10.2 Å². The number of fused-ring (bicyclic) bond motifs is 1. The Bertz CT molecular complexity index is 914. The van der Waals surface area contributed by atoms with E-state index < -0.39 is 0 Å². The van der Waals surface area contributed by atoms with E-state index in [0.29, 0.717) is 22.2 Å². The molecule has 1 aromatic heterocycles. The molecule has 0 aliphatic rings. The first kappa shape index (κ1) is 17.0. The summed E-state index contributed by atoms with van der Waals surface area (Å²) in [5.74, 6) is 0.519. The molecule has 3 rings (SSSR count). The van der Waals surface area contributed by atoms with E-state index in [1.54, 1.807) is 18.2 Å². The number of nitrogens with zero attached hydrogens (tertiary/aromatic N) is 1. The second-order valence-corrected chi connectivity index (χ2v) is 6.59. The fourth-order valence-electron chi connectivity index (χ4n) is 2.67. The number of benzene rings is 2. The molecule has 7 heteroatoms. The van der Waals surface area contributed by atoms with Crippen molar-refractivity contribution in [2.75, 3.05) is 19.6 Å². The van der Waals surface area contributed by atoms with E-state index >= 15 is 0 Å². The summed E-state index contributed by atoms with van der Waals surface area (Å²) < 4.78 is 11.6. The molecule has 0 unspecified atom stereocenters. The largest absolute Gasteiger partial charge is 0.496 e. The van der Waals surface area contributed by atoms with Crippen LogP contribution in [-0.4, -0.2) is 25.1 Å². The van der Waals surface area contributed by atoms with Crippen LogP contribution in [0.3, 0.4) is 0 Å². The number of hydrogen-bond donors (Lipinski definition) is 2. The highest BCUT2D eigenvalue weighted by atomic mass is 32.1. The maximum Gasteiger partial charge on any atom is 0.277 e. The summed E-state index contributed by atoms with van der Waals surface area (Å²) in [5, 5.41) is 0.617. The van der Waals surface area contributed by atoms with E-state index in [-0.39, 0.29) is 5.91 Å².